The largest absolute Gasteiger partial charge is 0.489 e. The van der Waals surface area contributed by atoms with Crippen LogP contribution in [-0.2, 0) is 14.8 Å². The second-order valence-electron chi connectivity index (χ2n) is 7.20. The number of aryl methyl sites for hydroxylation is 1. The Morgan fingerprint density at radius 1 is 1.09 bits per heavy atom. The number of nitrogens with zero attached hydrogens (tertiary/aromatic N) is 1. The van der Waals surface area contributed by atoms with Crippen LogP contribution in [0.15, 0.2) is 95.2 Å². The van der Waals surface area contributed by atoms with Crippen molar-refractivity contribution in [3.63, 3.8) is 0 Å². The molecule has 3 aromatic rings. The van der Waals surface area contributed by atoms with Gasteiger partial charge in [0.1, 0.15) is 18.9 Å². The monoisotopic (exact) mass is 482 g/mol. The van der Waals surface area contributed by atoms with E-state index in [-0.39, 0.29) is 11.4 Å². The van der Waals surface area contributed by atoms with Gasteiger partial charge in [0.2, 0.25) is 5.91 Å². The number of carbonyl (C=O) groups is 1. The van der Waals surface area contributed by atoms with E-state index in [0.29, 0.717) is 23.7 Å². The Hall–Kier alpha value is -3.23. The molecule has 0 saturated heterocycles. The smallest absolute Gasteiger partial charge is 0.264 e. The van der Waals surface area contributed by atoms with E-state index in [4.69, 9.17) is 4.74 Å². The van der Waals surface area contributed by atoms with Crippen LogP contribution in [-0.4, -0.2) is 33.7 Å². The first kappa shape index (κ1) is 24.4. The molecule has 0 aliphatic carbocycles. The Kier molecular flexibility index (Phi) is 8.19. The molecule has 0 fully saturated rings. The number of carbonyl (C=O) groups excluding carboxylic acids is 1. The van der Waals surface area contributed by atoms with Crippen LogP contribution in [0.25, 0.3) is 0 Å². The molecule has 0 atom stereocenters. The number of sulfonamides is 1. The SMILES string of the molecule is C=CCOc1cccc(NC(=O)CN(c2ccc(C)cc2)S(=O)(=O)c2ccc(SC)cc2)c1. The van der Waals surface area contributed by atoms with Crippen molar-refractivity contribution < 1.29 is 17.9 Å². The molecule has 0 unspecified atom stereocenters. The molecule has 0 radical (unpaired) electrons. The number of nitrogens with one attached hydrogen (secondary N) is 1. The summed E-state index contributed by atoms with van der Waals surface area (Å²) < 4.78 is 33.6. The second-order valence-corrected chi connectivity index (χ2v) is 9.94. The van der Waals surface area contributed by atoms with Crippen molar-refractivity contribution >= 4 is 39.1 Å². The van der Waals surface area contributed by atoms with Gasteiger partial charge < -0.3 is 10.1 Å². The first-order chi connectivity index (χ1) is 15.8. The molecule has 33 heavy (non-hydrogen) atoms. The van der Waals surface area contributed by atoms with Crippen LogP contribution in [0.1, 0.15) is 5.56 Å². The molecule has 6 nitrogen and oxygen atoms in total. The van der Waals surface area contributed by atoms with Crippen LogP contribution in [0.4, 0.5) is 11.4 Å². The number of hydrogen-bond acceptors (Lipinski definition) is 5. The van der Waals surface area contributed by atoms with Crippen molar-refractivity contribution in [2.45, 2.75) is 16.7 Å². The summed E-state index contributed by atoms with van der Waals surface area (Å²) >= 11 is 1.52. The molecule has 1 N–H and O–H groups in total. The molecule has 8 heteroatoms. The van der Waals surface area contributed by atoms with Crippen molar-refractivity contribution in [2.24, 2.45) is 0 Å². The van der Waals surface area contributed by atoms with E-state index >= 15 is 0 Å². The zero-order valence-electron chi connectivity index (χ0n) is 18.5. The number of benzene rings is 3. The average molecular weight is 483 g/mol. The predicted molar refractivity (Wildman–Crippen MR) is 135 cm³/mol. The van der Waals surface area contributed by atoms with Crippen molar-refractivity contribution in [3.8, 4) is 5.75 Å². The van der Waals surface area contributed by atoms with E-state index in [1.807, 2.05) is 25.3 Å². The summed E-state index contributed by atoms with van der Waals surface area (Å²) in [7, 11) is -3.97. The lowest BCUT2D eigenvalue weighted by Gasteiger charge is -2.24. The lowest BCUT2D eigenvalue weighted by Crippen LogP contribution is -2.38. The molecule has 1 amide bonds. The van der Waals surface area contributed by atoms with Gasteiger partial charge >= 0.3 is 0 Å². The summed E-state index contributed by atoms with van der Waals surface area (Å²) in [4.78, 5) is 14.0. The van der Waals surface area contributed by atoms with Crippen molar-refractivity contribution in [2.75, 3.05) is 29.0 Å². The van der Waals surface area contributed by atoms with Crippen LogP contribution < -0.4 is 14.4 Å². The highest BCUT2D eigenvalue weighted by Crippen LogP contribution is 2.26. The molecule has 0 heterocycles. The molecule has 0 spiro atoms. The average Bonchev–Trinajstić information content (AvgIpc) is 2.82. The lowest BCUT2D eigenvalue weighted by atomic mass is 10.2. The third kappa shape index (κ3) is 6.40. The molecule has 0 aromatic heterocycles. The Morgan fingerprint density at radius 2 is 1.79 bits per heavy atom. The van der Waals surface area contributed by atoms with E-state index in [1.54, 1.807) is 66.7 Å². The Morgan fingerprint density at radius 3 is 2.42 bits per heavy atom. The van der Waals surface area contributed by atoms with E-state index in [2.05, 4.69) is 11.9 Å². The van der Waals surface area contributed by atoms with E-state index in [0.717, 1.165) is 14.8 Å². The van der Waals surface area contributed by atoms with E-state index in [9.17, 15) is 13.2 Å². The summed E-state index contributed by atoms with van der Waals surface area (Å²) in [6.45, 7) is 5.49. The fraction of sp³-hybridized carbons (Fsp3) is 0.160. The molecular formula is C25H26N2O4S2. The summed E-state index contributed by atoms with van der Waals surface area (Å²) in [5.41, 5.74) is 1.90. The molecule has 172 valence electrons. The standard InChI is InChI=1S/C25H26N2O4S2/c1-4-16-31-22-7-5-6-20(17-22)26-25(28)18-27(21-10-8-19(2)9-11-21)33(29,30)24-14-12-23(32-3)13-15-24/h4-15,17H,1,16,18H2,2-3H3,(H,26,28). The van der Waals surface area contributed by atoms with Gasteiger partial charge in [-0.3, -0.25) is 9.10 Å². The maximum atomic E-state index is 13.5. The maximum Gasteiger partial charge on any atom is 0.264 e. The summed E-state index contributed by atoms with van der Waals surface area (Å²) in [6.07, 6.45) is 3.55. The fourth-order valence-electron chi connectivity index (χ4n) is 3.05. The number of anilines is 2. The number of rotatable bonds is 10. The quantitative estimate of drug-likeness (QED) is 0.321. The van der Waals surface area contributed by atoms with Gasteiger partial charge in [-0.15, -0.1) is 11.8 Å². The molecule has 3 rings (SSSR count). The Balaban J connectivity index is 1.87. The zero-order chi connectivity index (χ0) is 23.8. The van der Waals surface area contributed by atoms with Crippen LogP contribution >= 0.6 is 11.8 Å². The van der Waals surface area contributed by atoms with Gasteiger partial charge in [0.05, 0.1) is 10.6 Å². The van der Waals surface area contributed by atoms with Gasteiger partial charge in [0, 0.05) is 16.6 Å². The summed E-state index contributed by atoms with van der Waals surface area (Å²) in [5.74, 6) is 0.102. The minimum absolute atomic E-state index is 0.119. The third-order valence-corrected chi connectivity index (χ3v) is 7.27. The fourth-order valence-corrected chi connectivity index (χ4v) is 4.88. The van der Waals surface area contributed by atoms with Gasteiger partial charge in [0.15, 0.2) is 0 Å². The van der Waals surface area contributed by atoms with E-state index < -0.39 is 15.9 Å². The number of thioether (sulfide) groups is 1. The third-order valence-electron chi connectivity index (χ3n) is 4.74. The Labute approximate surface area is 199 Å². The Bertz CT molecular complexity index is 1210. The van der Waals surface area contributed by atoms with E-state index in [1.165, 1.54) is 11.8 Å². The number of amides is 1. The zero-order valence-corrected chi connectivity index (χ0v) is 20.2. The van der Waals surface area contributed by atoms with Gasteiger partial charge in [-0.2, -0.15) is 0 Å². The molecule has 0 saturated carbocycles. The van der Waals surface area contributed by atoms with Crippen molar-refractivity contribution in [3.05, 3.63) is 91.0 Å². The van der Waals surface area contributed by atoms with Gasteiger partial charge in [-0.1, -0.05) is 36.4 Å². The topological polar surface area (TPSA) is 75.7 Å². The summed E-state index contributed by atoms with van der Waals surface area (Å²) in [6, 6.07) is 20.5. The summed E-state index contributed by atoms with van der Waals surface area (Å²) in [5, 5.41) is 2.76. The van der Waals surface area contributed by atoms with Gasteiger partial charge in [0.25, 0.3) is 10.0 Å². The second kappa shape index (κ2) is 11.1. The van der Waals surface area contributed by atoms with Crippen molar-refractivity contribution in [1.82, 2.24) is 0 Å². The van der Waals surface area contributed by atoms with Crippen molar-refractivity contribution in [1.29, 1.82) is 0 Å². The first-order valence-electron chi connectivity index (χ1n) is 10.2. The maximum absolute atomic E-state index is 13.5. The highest BCUT2D eigenvalue weighted by atomic mass is 32.2. The molecule has 0 aliphatic rings. The normalized spacial score (nSPS) is 11.0. The molecule has 0 aliphatic heterocycles. The van der Waals surface area contributed by atoms with Gasteiger partial charge in [-0.05, 0) is 61.7 Å². The number of hydrogen-bond donors (Lipinski definition) is 1. The molecular weight excluding hydrogens is 456 g/mol. The van der Waals surface area contributed by atoms with Crippen LogP contribution in [0.3, 0.4) is 0 Å². The highest BCUT2D eigenvalue weighted by molar-refractivity contribution is 7.98. The number of ether oxygens (including phenoxy) is 1. The van der Waals surface area contributed by atoms with Crippen LogP contribution in [0.2, 0.25) is 0 Å². The molecule has 3 aromatic carbocycles. The minimum Gasteiger partial charge on any atom is -0.489 e. The van der Waals surface area contributed by atoms with Crippen LogP contribution in [0.5, 0.6) is 5.75 Å². The minimum atomic E-state index is -3.97. The highest BCUT2D eigenvalue weighted by Gasteiger charge is 2.27. The lowest BCUT2D eigenvalue weighted by molar-refractivity contribution is -0.114. The molecule has 0 bridgehead atoms. The first-order valence-corrected chi connectivity index (χ1v) is 12.9. The van der Waals surface area contributed by atoms with Gasteiger partial charge in [-0.25, -0.2) is 8.42 Å². The van der Waals surface area contributed by atoms with Crippen LogP contribution in [0, 0.1) is 6.92 Å². The predicted octanol–water partition coefficient (Wildman–Crippen LogP) is 5.12.